The first-order chi connectivity index (χ1) is 16.4. The maximum absolute atomic E-state index is 13.8. The maximum Gasteiger partial charge on any atom is 0.264 e. The van der Waals surface area contributed by atoms with Gasteiger partial charge >= 0.3 is 0 Å². The molecule has 0 atom stereocenters. The lowest BCUT2D eigenvalue weighted by atomic mass is 10.00. The standard InChI is InChI=1S/C26H28N2O4S2/c1-3-32-25-11-7-6-10-24(25)28(34(30,31)23-14-12-22(33-2)13-15-23)19-26(29)27-17-16-20-8-4-5-9-21(20)18-27/h4-15H,3,16-19H2,1-2H3. The molecule has 1 amide bonds. The molecule has 4 rings (SSSR count). The zero-order chi connectivity index (χ0) is 24.1. The highest BCUT2D eigenvalue weighted by Crippen LogP contribution is 2.33. The van der Waals surface area contributed by atoms with Gasteiger partial charge in [0.2, 0.25) is 5.91 Å². The summed E-state index contributed by atoms with van der Waals surface area (Å²) >= 11 is 1.54. The average molecular weight is 497 g/mol. The molecule has 6 nitrogen and oxygen atoms in total. The van der Waals surface area contributed by atoms with Crippen LogP contribution in [0.3, 0.4) is 0 Å². The van der Waals surface area contributed by atoms with Gasteiger partial charge in [-0.05, 0) is 67.1 Å². The van der Waals surface area contributed by atoms with Gasteiger partial charge in [0.25, 0.3) is 10.0 Å². The molecule has 34 heavy (non-hydrogen) atoms. The van der Waals surface area contributed by atoms with Gasteiger partial charge in [-0.2, -0.15) is 0 Å². The summed E-state index contributed by atoms with van der Waals surface area (Å²) in [6.45, 7) is 2.94. The Kier molecular flexibility index (Phi) is 7.48. The molecular weight excluding hydrogens is 468 g/mol. The molecular formula is C26H28N2O4S2. The Labute approximate surface area is 205 Å². The molecule has 0 fully saturated rings. The molecule has 1 aliphatic heterocycles. The SMILES string of the molecule is CCOc1ccccc1N(CC(=O)N1CCc2ccccc2C1)S(=O)(=O)c1ccc(SC)cc1. The molecule has 8 heteroatoms. The summed E-state index contributed by atoms with van der Waals surface area (Å²) in [5.41, 5.74) is 2.68. The van der Waals surface area contributed by atoms with Crippen molar-refractivity contribution in [1.82, 2.24) is 4.90 Å². The number of amides is 1. The minimum Gasteiger partial charge on any atom is -0.492 e. The average Bonchev–Trinajstić information content (AvgIpc) is 2.87. The lowest BCUT2D eigenvalue weighted by Gasteiger charge is -2.32. The number of anilines is 1. The fourth-order valence-corrected chi connectivity index (χ4v) is 5.88. The number of para-hydroxylation sites is 2. The van der Waals surface area contributed by atoms with Crippen molar-refractivity contribution in [3.05, 3.63) is 83.9 Å². The van der Waals surface area contributed by atoms with Crippen molar-refractivity contribution in [3.8, 4) is 5.75 Å². The van der Waals surface area contributed by atoms with E-state index in [2.05, 4.69) is 6.07 Å². The first-order valence-electron chi connectivity index (χ1n) is 11.2. The van der Waals surface area contributed by atoms with Crippen LogP contribution in [0.1, 0.15) is 18.1 Å². The lowest BCUT2D eigenvalue weighted by Crippen LogP contribution is -2.44. The summed E-state index contributed by atoms with van der Waals surface area (Å²) in [6, 6.07) is 21.7. The van der Waals surface area contributed by atoms with Crippen molar-refractivity contribution in [2.24, 2.45) is 0 Å². The van der Waals surface area contributed by atoms with Gasteiger partial charge in [-0.25, -0.2) is 8.42 Å². The van der Waals surface area contributed by atoms with E-state index in [1.165, 1.54) is 21.6 Å². The minimum absolute atomic E-state index is 0.133. The minimum atomic E-state index is -4.02. The van der Waals surface area contributed by atoms with Crippen LogP contribution in [0.2, 0.25) is 0 Å². The van der Waals surface area contributed by atoms with Gasteiger partial charge in [0.15, 0.2) is 0 Å². The molecule has 0 unspecified atom stereocenters. The van der Waals surface area contributed by atoms with Crippen molar-refractivity contribution in [2.45, 2.75) is 29.7 Å². The quantitative estimate of drug-likeness (QED) is 0.427. The van der Waals surface area contributed by atoms with E-state index in [1.807, 2.05) is 31.4 Å². The Bertz CT molecular complexity index is 1260. The van der Waals surface area contributed by atoms with Crippen molar-refractivity contribution in [1.29, 1.82) is 0 Å². The van der Waals surface area contributed by atoms with Gasteiger partial charge in [0.1, 0.15) is 12.3 Å². The molecule has 0 radical (unpaired) electrons. The first kappa shape index (κ1) is 24.2. The van der Waals surface area contributed by atoms with Crippen LogP contribution >= 0.6 is 11.8 Å². The van der Waals surface area contributed by atoms with E-state index in [4.69, 9.17) is 4.74 Å². The molecule has 0 saturated heterocycles. The zero-order valence-electron chi connectivity index (χ0n) is 19.3. The number of carbonyl (C=O) groups excluding carboxylic acids is 1. The number of benzene rings is 3. The molecule has 3 aromatic rings. The predicted molar refractivity (Wildman–Crippen MR) is 136 cm³/mol. The Hall–Kier alpha value is -2.97. The highest BCUT2D eigenvalue weighted by atomic mass is 32.2. The fraction of sp³-hybridized carbons (Fsp3) is 0.269. The van der Waals surface area contributed by atoms with Crippen molar-refractivity contribution in [2.75, 3.05) is 30.3 Å². The van der Waals surface area contributed by atoms with E-state index in [0.717, 1.165) is 16.9 Å². The topological polar surface area (TPSA) is 66.9 Å². The molecule has 1 aliphatic rings. The second kappa shape index (κ2) is 10.5. The second-order valence-electron chi connectivity index (χ2n) is 7.92. The monoisotopic (exact) mass is 496 g/mol. The highest BCUT2D eigenvalue weighted by Gasteiger charge is 2.31. The van der Waals surface area contributed by atoms with E-state index < -0.39 is 10.0 Å². The lowest BCUT2D eigenvalue weighted by molar-refractivity contribution is -0.130. The summed E-state index contributed by atoms with van der Waals surface area (Å²) in [4.78, 5) is 16.2. The number of nitrogens with zero attached hydrogens (tertiary/aromatic N) is 2. The number of rotatable bonds is 8. The Morgan fingerprint density at radius 2 is 1.68 bits per heavy atom. The van der Waals surface area contributed by atoms with Crippen LogP contribution in [-0.2, 0) is 27.8 Å². The van der Waals surface area contributed by atoms with E-state index in [-0.39, 0.29) is 17.3 Å². The maximum atomic E-state index is 13.8. The first-order valence-corrected chi connectivity index (χ1v) is 13.8. The van der Waals surface area contributed by atoms with Crippen LogP contribution in [0.25, 0.3) is 0 Å². The molecule has 0 bridgehead atoms. The second-order valence-corrected chi connectivity index (χ2v) is 10.7. The molecule has 0 aromatic heterocycles. The number of carbonyl (C=O) groups is 1. The molecule has 0 aliphatic carbocycles. The third-order valence-electron chi connectivity index (χ3n) is 5.84. The van der Waals surface area contributed by atoms with Crippen LogP contribution < -0.4 is 9.04 Å². The largest absolute Gasteiger partial charge is 0.492 e. The Morgan fingerprint density at radius 3 is 2.38 bits per heavy atom. The molecule has 0 spiro atoms. The van der Waals surface area contributed by atoms with Crippen LogP contribution in [-0.4, -0.2) is 45.2 Å². The number of hydrogen-bond acceptors (Lipinski definition) is 5. The van der Waals surface area contributed by atoms with Gasteiger partial charge in [0, 0.05) is 18.0 Å². The molecule has 1 heterocycles. The molecule has 0 saturated carbocycles. The number of sulfonamides is 1. The van der Waals surface area contributed by atoms with E-state index in [9.17, 15) is 13.2 Å². The van der Waals surface area contributed by atoms with Gasteiger partial charge < -0.3 is 9.64 Å². The predicted octanol–water partition coefficient (Wildman–Crippen LogP) is 4.59. The smallest absolute Gasteiger partial charge is 0.264 e. The van der Waals surface area contributed by atoms with Crippen LogP contribution in [0.4, 0.5) is 5.69 Å². The Balaban J connectivity index is 1.69. The number of ether oxygens (including phenoxy) is 1. The van der Waals surface area contributed by atoms with Gasteiger partial charge in [-0.1, -0.05) is 36.4 Å². The Morgan fingerprint density at radius 1 is 1.00 bits per heavy atom. The summed E-state index contributed by atoms with van der Waals surface area (Å²) in [7, 11) is -4.02. The number of fused-ring (bicyclic) bond motifs is 1. The van der Waals surface area contributed by atoms with E-state index in [1.54, 1.807) is 53.4 Å². The number of hydrogen-bond donors (Lipinski definition) is 0. The van der Waals surface area contributed by atoms with Gasteiger partial charge in [-0.15, -0.1) is 11.8 Å². The normalized spacial score (nSPS) is 13.3. The molecule has 0 N–H and O–H groups in total. The van der Waals surface area contributed by atoms with E-state index in [0.29, 0.717) is 31.1 Å². The van der Waals surface area contributed by atoms with Crippen molar-refractivity contribution in [3.63, 3.8) is 0 Å². The van der Waals surface area contributed by atoms with Crippen molar-refractivity contribution >= 4 is 33.4 Å². The fourth-order valence-electron chi connectivity index (χ4n) is 4.05. The third kappa shape index (κ3) is 5.08. The van der Waals surface area contributed by atoms with Crippen LogP contribution in [0.5, 0.6) is 5.75 Å². The zero-order valence-corrected chi connectivity index (χ0v) is 20.9. The summed E-state index contributed by atoms with van der Waals surface area (Å²) in [6.07, 6.45) is 2.68. The summed E-state index contributed by atoms with van der Waals surface area (Å²) in [5.74, 6) is 0.177. The number of thioether (sulfide) groups is 1. The van der Waals surface area contributed by atoms with Crippen LogP contribution in [0.15, 0.2) is 82.6 Å². The van der Waals surface area contributed by atoms with Crippen LogP contribution in [0, 0.1) is 0 Å². The van der Waals surface area contributed by atoms with E-state index >= 15 is 0 Å². The van der Waals surface area contributed by atoms with Gasteiger partial charge in [0.05, 0.1) is 17.2 Å². The molecule has 178 valence electrons. The summed E-state index contributed by atoms with van der Waals surface area (Å²) < 4.78 is 34.5. The highest BCUT2D eigenvalue weighted by molar-refractivity contribution is 7.98. The van der Waals surface area contributed by atoms with Crippen molar-refractivity contribution < 1.29 is 17.9 Å². The summed E-state index contributed by atoms with van der Waals surface area (Å²) in [5, 5.41) is 0. The third-order valence-corrected chi connectivity index (χ3v) is 8.36. The van der Waals surface area contributed by atoms with Gasteiger partial charge in [-0.3, -0.25) is 9.10 Å². The molecule has 3 aromatic carbocycles.